The van der Waals surface area contributed by atoms with Crippen LogP contribution in [0.25, 0.3) is 0 Å². The Hall–Kier alpha value is -1.55. The van der Waals surface area contributed by atoms with Gasteiger partial charge < -0.3 is 15.4 Å². The Balaban J connectivity index is 2.30. The van der Waals surface area contributed by atoms with Crippen LogP contribution in [0.1, 0.15) is 43.4 Å². The molecule has 2 rings (SSSR count). The minimum atomic E-state index is 0.106. The number of methoxy groups -OCH3 is 1. The monoisotopic (exact) mass is 262 g/mol. The van der Waals surface area contributed by atoms with E-state index in [4.69, 9.17) is 4.74 Å². The van der Waals surface area contributed by atoms with Crippen LogP contribution >= 0.6 is 0 Å². The predicted octanol–water partition coefficient (Wildman–Crippen LogP) is 1.97. The lowest BCUT2D eigenvalue weighted by Gasteiger charge is -2.20. The molecule has 1 fully saturated rings. The van der Waals surface area contributed by atoms with Gasteiger partial charge in [0.05, 0.1) is 13.2 Å². The van der Waals surface area contributed by atoms with E-state index in [0.717, 1.165) is 11.3 Å². The zero-order chi connectivity index (χ0) is 13.8. The van der Waals surface area contributed by atoms with E-state index in [0.29, 0.717) is 25.4 Å². The molecule has 1 unspecified atom stereocenters. The standard InChI is InChI=1S/C15H22N2O2/c1-10(2)11-4-5-14(19-3)12(8-11)13-9-17-15(18)6-7-16-13/h4-5,8,10,13,16H,6-7,9H2,1-3H3,(H,17,18). The molecule has 19 heavy (non-hydrogen) atoms. The molecule has 0 saturated carbocycles. The molecular formula is C15H22N2O2. The average molecular weight is 262 g/mol. The lowest BCUT2D eigenvalue weighted by molar-refractivity contribution is -0.120. The third kappa shape index (κ3) is 3.26. The van der Waals surface area contributed by atoms with E-state index in [1.165, 1.54) is 5.56 Å². The van der Waals surface area contributed by atoms with Crippen LogP contribution < -0.4 is 15.4 Å². The zero-order valence-electron chi connectivity index (χ0n) is 11.8. The first kappa shape index (κ1) is 13.9. The van der Waals surface area contributed by atoms with Crippen LogP contribution in [0.3, 0.4) is 0 Å². The van der Waals surface area contributed by atoms with E-state index < -0.39 is 0 Å². The number of carbonyl (C=O) groups excluding carboxylic acids is 1. The number of amides is 1. The molecule has 1 aromatic rings. The molecule has 1 aliphatic heterocycles. The van der Waals surface area contributed by atoms with Crippen molar-refractivity contribution in [2.75, 3.05) is 20.2 Å². The van der Waals surface area contributed by atoms with Crippen LogP contribution in [0.15, 0.2) is 18.2 Å². The third-order valence-electron chi connectivity index (χ3n) is 3.54. The van der Waals surface area contributed by atoms with Gasteiger partial charge in [-0.25, -0.2) is 0 Å². The molecule has 0 aliphatic carbocycles. The maximum atomic E-state index is 11.4. The predicted molar refractivity (Wildman–Crippen MR) is 75.5 cm³/mol. The van der Waals surface area contributed by atoms with Crippen LogP contribution in [0.2, 0.25) is 0 Å². The maximum Gasteiger partial charge on any atom is 0.221 e. The summed E-state index contributed by atoms with van der Waals surface area (Å²) in [6.45, 7) is 5.66. The molecule has 1 aliphatic rings. The normalized spacial score (nSPS) is 20.0. The largest absolute Gasteiger partial charge is 0.496 e. The van der Waals surface area contributed by atoms with E-state index in [1.807, 2.05) is 6.07 Å². The summed E-state index contributed by atoms with van der Waals surface area (Å²) in [4.78, 5) is 11.4. The van der Waals surface area contributed by atoms with Crippen molar-refractivity contribution in [3.8, 4) is 5.75 Å². The fourth-order valence-electron chi connectivity index (χ4n) is 2.34. The molecule has 1 atom stereocenters. The van der Waals surface area contributed by atoms with E-state index in [9.17, 15) is 4.79 Å². The molecule has 1 aromatic carbocycles. The Bertz CT molecular complexity index is 457. The quantitative estimate of drug-likeness (QED) is 0.875. The summed E-state index contributed by atoms with van der Waals surface area (Å²) in [6, 6.07) is 6.40. The summed E-state index contributed by atoms with van der Waals surface area (Å²) >= 11 is 0. The molecule has 0 aromatic heterocycles. The fraction of sp³-hybridized carbons (Fsp3) is 0.533. The van der Waals surface area contributed by atoms with Crippen molar-refractivity contribution in [3.63, 3.8) is 0 Å². The number of hydrogen-bond donors (Lipinski definition) is 2. The second-order valence-corrected chi connectivity index (χ2v) is 5.22. The Morgan fingerprint density at radius 1 is 1.37 bits per heavy atom. The van der Waals surface area contributed by atoms with Crippen molar-refractivity contribution >= 4 is 5.91 Å². The van der Waals surface area contributed by atoms with Crippen molar-refractivity contribution in [3.05, 3.63) is 29.3 Å². The molecule has 4 heteroatoms. The van der Waals surface area contributed by atoms with Gasteiger partial charge in [-0.15, -0.1) is 0 Å². The van der Waals surface area contributed by atoms with Crippen molar-refractivity contribution in [1.29, 1.82) is 0 Å². The van der Waals surface area contributed by atoms with Gasteiger partial charge in [0.15, 0.2) is 0 Å². The van der Waals surface area contributed by atoms with Crippen LogP contribution in [0, 0.1) is 0 Å². The number of ether oxygens (including phenoxy) is 1. The van der Waals surface area contributed by atoms with Gasteiger partial charge >= 0.3 is 0 Å². The molecule has 1 amide bonds. The summed E-state index contributed by atoms with van der Waals surface area (Å²) in [5.74, 6) is 1.46. The lowest BCUT2D eigenvalue weighted by Crippen LogP contribution is -2.29. The highest BCUT2D eigenvalue weighted by Gasteiger charge is 2.20. The van der Waals surface area contributed by atoms with Crippen LogP contribution in [-0.2, 0) is 4.79 Å². The fourth-order valence-corrected chi connectivity index (χ4v) is 2.34. The average Bonchev–Trinajstić information content (AvgIpc) is 2.62. The van der Waals surface area contributed by atoms with Gasteiger partial charge in [-0.1, -0.05) is 26.0 Å². The lowest BCUT2D eigenvalue weighted by atomic mass is 9.96. The second kappa shape index (κ2) is 6.06. The van der Waals surface area contributed by atoms with Crippen molar-refractivity contribution < 1.29 is 9.53 Å². The topological polar surface area (TPSA) is 50.4 Å². The van der Waals surface area contributed by atoms with Crippen LogP contribution in [0.4, 0.5) is 0 Å². The van der Waals surface area contributed by atoms with Gasteiger partial charge in [0.25, 0.3) is 0 Å². The molecule has 0 bridgehead atoms. The summed E-state index contributed by atoms with van der Waals surface area (Å²) in [5, 5.41) is 6.34. The van der Waals surface area contributed by atoms with Gasteiger partial charge in [-0.2, -0.15) is 0 Å². The molecule has 4 nitrogen and oxygen atoms in total. The highest BCUT2D eigenvalue weighted by molar-refractivity contribution is 5.76. The number of hydrogen-bond acceptors (Lipinski definition) is 3. The van der Waals surface area contributed by atoms with Gasteiger partial charge in [-0.3, -0.25) is 4.79 Å². The highest BCUT2D eigenvalue weighted by Crippen LogP contribution is 2.29. The van der Waals surface area contributed by atoms with Crippen molar-refractivity contribution in [1.82, 2.24) is 10.6 Å². The SMILES string of the molecule is COc1ccc(C(C)C)cc1C1CNC(=O)CCN1. The maximum absolute atomic E-state index is 11.4. The summed E-state index contributed by atoms with van der Waals surface area (Å²) in [6.07, 6.45) is 0.530. The number of benzene rings is 1. The van der Waals surface area contributed by atoms with E-state index in [2.05, 4.69) is 36.6 Å². The first-order valence-corrected chi connectivity index (χ1v) is 6.79. The molecule has 2 N–H and O–H groups in total. The van der Waals surface area contributed by atoms with Crippen molar-refractivity contribution in [2.45, 2.75) is 32.2 Å². The summed E-state index contributed by atoms with van der Waals surface area (Å²) < 4.78 is 5.45. The third-order valence-corrected chi connectivity index (χ3v) is 3.54. The number of nitrogens with one attached hydrogen (secondary N) is 2. The smallest absolute Gasteiger partial charge is 0.221 e. The Morgan fingerprint density at radius 3 is 2.84 bits per heavy atom. The Labute approximate surface area is 114 Å². The first-order valence-electron chi connectivity index (χ1n) is 6.79. The molecule has 1 saturated heterocycles. The minimum absolute atomic E-state index is 0.106. The van der Waals surface area contributed by atoms with Gasteiger partial charge in [-0.05, 0) is 17.5 Å². The Morgan fingerprint density at radius 2 is 2.16 bits per heavy atom. The van der Waals surface area contributed by atoms with Gasteiger partial charge in [0.2, 0.25) is 5.91 Å². The van der Waals surface area contributed by atoms with Crippen LogP contribution in [-0.4, -0.2) is 26.1 Å². The zero-order valence-corrected chi connectivity index (χ0v) is 11.8. The van der Waals surface area contributed by atoms with Gasteiger partial charge in [0, 0.05) is 25.1 Å². The van der Waals surface area contributed by atoms with Crippen LogP contribution in [0.5, 0.6) is 5.75 Å². The molecular weight excluding hydrogens is 240 g/mol. The second-order valence-electron chi connectivity index (χ2n) is 5.22. The molecule has 1 heterocycles. The number of rotatable bonds is 3. The first-order chi connectivity index (χ1) is 9.11. The summed E-state index contributed by atoms with van der Waals surface area (Å²) in [5.41, 5.74) is 2.41. The minimum Gasteiger partial charge on any atom is -0.496 e. The van der Waals surface area contributed by atoms with E-state index in [-0.39, 0.29) is 11.9 Å². The highest BCUT2D eigenvalue weighted by atomic mass is 16.5. The molecule has 104 valence electrons. The van der Waals surface area contributed by atoms with E-state index >= 15 is 0 Å². The number of carbonyl (C=O) groups is 1. The van der Waals surface area contributed by atoms with E-state index in [1.54, 1.807) is 7.11 Å². The molecule has 0 radical (unpaired) electrons. The van der Waals surface area contributed by atoms with Crippen molar-refractivity contribution in [2.24, 2.45) is 0 Å². The Kier molecular flexibility index (Phi) is 4.43. The van der Waals surface area contributed by atoms with Gasteiger partial charge in [0.1, 0.15) is 5.75 Å². The summed E-state index contributed by atoms with van der Waals surface area (Å²) in [7, 11) is 1.68. The molecule has 0 spiro atoms.